The average molecular weight is 257 g/mol. The number of aliphatic hydroxyl groups excluding tert-OH is 1. The Morgan fingerprint density at radius 3 is 2.88 bits per heavy atom. The molecule has 0 aliphatic heterocycles. The van der Waals surface area contributed by atoms with Gasteiger partial charge in [-0.1, -0.05) is 18.5 Å². The fourth-order valence-electron chi connectivity index (χ4n) is 1.61. The van der Waals surface area contributed by atoms with Gasteiger partial charge in [-0.3, -0.25) is 4.68 Å². The fraction of sp³-hybridized carbons (Fsp3) is 0.364. The third kappa shape index (κ3) is 2.00. The highest BCUT2D eigenvalue weighted by Gasteiger charge is 2.19. The Labute approximate surface area is 103 Å². The molecule has 0 fully saturated rings. The van der Waals surface area contributed by atoms with E-state index in [0.717, 1.165) is 22.7 Å². The van der Waals surface area contributed by atoms with Crippen LogP contribution in [-0.2, 0) is 13.5 Å². The van der Waals surface area contributed by atoms with E-state index in [9.17, 15) is 5.11 Å². The van der Waals surface area contributed by atoms with Crippen LogP contribution in [0.2, 0.25) is 5.02 Å². The summed E-state index contributed by atoms with van der Waals surface area (Å²) in [6.07, 6.45) is 0.170. The first-order valence-corrected chi connectivity index (χ1v) is 6.33. The molecular weight excluding hydrogens is 244 g/mol. The Balaban J connectivity index is 2.37. The molecule has 2 aromatic heterocycles. The number of rotatable bonds is 3. The van der Waals surface area contributed by atoms with Gasteiger partial charge in [0.2, 0.25) is 0 Å². The maximum atomic E-state index is 10.2. The second kappa shape index (κ2) is 4.57. The predicted molar refractivity (Wildman–Crippen MR) is 66.0 cm³/mol. The minimum atomic E-state index is -0.690. The van der Waals surface area contributed by atoms with Crippen molar-refractivity contribution in [3.63, 3.8) is 0 Å². The van der Waals surface area contributed by atoms with E-state index in [1.807, 2.05) is 25.4 Å². The van der Waals surface area contributed by atoms with Gasteiger partial charge in [-0.2, -0.15) is 5.10 Å². The highest BCUT2D eigenvalue weighted by molar-refractivity contribution is 7.10. The maximum Gasteiger partial charge on any atom is 0.131 e. The van der Waals surface area contributed by atoms with Crippen LogP contribution in [0.5, 0.6) is 0 Å². The summed E-state index contributed by atoms with van der Waals surface area (Å²) in [5.74, 6) is 0. The zero-order chi connectivity index (χ0) is 11.7. The molecule has 16 heavy (non-hydrogen) atoms. The largest absolute Gasteiger partial charge is 0.381 e. The number of halogens is 1. The Hall–Kier alpha value is -0.840. The van der Waals surface area contributed by atoms with Crippen molar-refractivity contribution in [2.75, 3.05) is 0 Å². The van der Waals surface area contributed by atoms with Crippen molar-refractivity contribution in [1.82, 2.24) is 9.78 Å². The highest BCUT2D eigenvalue weighted by atomic mass is 35.5. The van der Waals surface area contributed by atoms with Gasteiger partial charge in [0.15, 0.2) is 0 Å². The molecular formula is C11H13ClN2OS. The van der Waals surface area contributed by atoms with E-state index in [1.165, 1.54) is 11.3 Å². The SMILES string of the molecule is CCc1cc(C(O)c2sccc2Cl)n(C)n1. The smallest absolute Gasteiger partial charge is 0.131 e. The predicted octanol–water partition coefficient (Wildman–Crippen LogP) is 2.78. The van der Waals surface area contributed by atoms with Gasteiger partial charge in [0, 0.05) is 7.05 Å². The molecule has 3 nitrogen and oxygen atoms in total. The fourth-order valence-corrected chi connectivity index (χ4v) is 2.76. The van der Waals surface area contributed by atoms with Crippen LogP contribution in [0.3, 0.4) is 0 Å². The lowest BCUT2D eigenvalue weighted by Gasteiger charge is -2.09. The Bertz CT molecular complexity index is 492. The summed E-state index contributed by atoms with van der Waals surface area (Å²) < 4.78 is 1.71. The number of hydrogen-bond donors (Lipinski definition) is 1. The van der Waals surface area contributed by atoms with Crippen LogP contribution in [0.25, 0.3) is 0 Å². The number of nitrogens with zero attached hydrogens (tertiary/aromatic N) is 2. The quantitative estimate of drug-likeness (QED) is 0.917. The molecule has 2 heterocycles. The van der Waals surface area contributed by atoms with Gasteiger partial charge in [-0.25, -0.2) is 0 Å². The van der Waals surface area contributed by atoms with Gasteiger partial charge in [0.25, 0.3) is 0 Å². The number of aryl methyl sites for hydroxylation is 2. The molecule has 86 valence electrons. The zero-order valence-electron chi connectivity index (χ0n) is 9.14. The van der Waals surface area contributed by atoms with Crippen molar-refractivity contribution in [2.24, 2.45) is 7.05 Å². The Kier molecular flexibility index (Phi) is 3.33. The summed E-state index contributed by atoms with van der Waals surface area (Å²) in [6, 6.07) is 3.71. The minimum Gasteiger partial charge on any atom is -0.381 e. The van der Waals surface area contributed by atoms with Crippen LogP contribution in [-0.4, -0.2) is 14.9 Å². The van der Waals surface area contributed by atoms with Gasteiger partial charge in [-0.05, 0) is 23.9 Å². The lowest BCUT2D eigenvalue weighted by molar-refractivity contribution is 0.213. The summed E-state index contributed by atoms with van der Waals surface area (Å²) >= 11 is 7.45. The van der Waals surface area contributed by atoms with Crippen LogP contribution in [0.15, 0.2) is 17.5 Å². The lowest BCUT2D eigenvalue weighted by Crippen LogP contribution is -2.05. The zero-order valence-corrected chi connectivity index (χ0v) is 10.7. The number of thiophene rings is 1. The molecule has 0 saturated carbocycles. The third-order valence-electron chi connectivity index (χ3n) is 2.50. The monoisotopic (exact) mass is 256 g/mol. The van der Waals surface area contributed by atoms with Crippen molar-refractivity contribution < 1.29 is 5.11 Å². The Morgan fingerprint density at radius 2 is 2.38 bits per heavy atom. The molecule has 1 atom stereocenters. The van der Waals surface area contributed by atoms with Gasteiger partial charge >= 0.3 is 0 Å². The van der Waals surface area contributed by atoms with Gasteiger partial charge < -0.3 is 5.11 Å². The number of aliphatic hydroxyl groups is 1. The van der Waals surface area contributed by atoms with Crippen LogP contribution >= 0.6 is 22.9 Å². The van der Waals surface area contributed by atoms with Crippen LogP contribution in [0.1, 0.15) is 29.3 Å². The summed E-state index contributed by atoms with van der Waals surface area (Å²) in [4.78, 5) is 0.771. The number of aromatic nitrogens is 2. The Morgan fingerprint density at radius 1 is 1.62 bits per heavy atom. The molecule has 1 N–H and O–H groups in total. The summed E-state index contributed by atoms with van der Waals surface area (Å²) in [6.45, 7) is 2.04. The maximum absolute atomic E-state index is 10.2. The second-order valence-corrected chi connectivity index (χ2v) is 4.93. The molecule has 0 aromatic carbocycles. The molecule has 2 rings (SSSR count). The van der Waals surface area contributed by atoms with E-state index in [4.69, 9.17) is 11.6 Å². The molecule has 0 amide bonds. The van der Waals surface area contributed by atoms with Crippen LogP contribution < -0.4 is 0 Å². The van der Waals surface area contributed by atoms with Crippen molar-refractivity contribution >= 4 is 22.9 Å². The highest BCUT2D eigenvalue weighted by Crippen LogP contribution is 2.32. The second-order valence-electron chi connectivity index (χ2n) is 3.57. The van der Waals surface area contributed by atoms with E-state index in [1.54, 1.807) is 10.7 Å². The van der Waals surface area contributed by atoms with E-state index < -0.39 is 6.10 Å². The normalized spacial score (nSPS) is 13.0. The number of hydrogen-bond acceptors (Lipinski definition) is 3. The van der Waals surface area contributed by atoms with Crippen molar-refractivity contribution in [3.05, 3.63) is 38.8 Å². The average Bonchev–Trinajstić information content (AvgIpc) is 2.83. The lowest BCUT2D eigenvalue weighted by atomic mass is 10.2. The van der Waals surface area contributed by atoms with Crippen molar-refractivity contribution in [3.8, 4) is 0 Å². The first-order valence-electron chi connectivity index (χ1n) is 5.07. The molecule has 0 bridgehead atoms. The summed E-state index contributed by atoms with van der Waals surface area (Å²) in [7, 11) is 1.83. The summed E-state index contributed by atoms with van der Waals surface area (Å²) in [5, 5.41) is 17.0. The minimum absolute atomic E-state index is 0.608. The molecule has 2 aromatic rings. The third-order valence-corrected chi connectivity index (χ3v) is 3.91. The van der Waals surface area contributed by atoms with E-state index in [0.29, 0.717) is 5.02 Å². The topological polar surface area (TPSA) is 38.0 Å². The molecule has 0 aliphatic carbocycles. The first kappa shape index (κ1) is 11.6. The van der Waals surface area contributed by atoms with Crippen molar-refractivity contribution in [2.45, 2.75) is 19.4 Å². The van der Waals surface area contributed by atoms with Crippen molar-refractivity contribution in [1.29, 1.82) is 0 Å². The molecule has 0 spiro atoms. The molecule has 0 aliphatic rings. The molecule has 5 heteroatoms. The van der Waals surface area contributed by atoms with Gasteiger partial charge in [0.05, 0.1) is 21.3 Å². The van der Waals surface area contributed by atoms with Crippen LogP contribution in [0, 0.1) is 0 Å². The standard InChI is InChI=1S/C11H13ClN2OS/c1-3-7-6-9(14(2)13-7)10(15)11-8(12)4-5-16-11/h4-6,10,15H,3H2,1-2H3. The van der Waals surface area contributed by atoms with Gasteiger partial charge in [-0.15, -0.1) is 11.3 Å². The van der Waals surface area contributed by atoms with E-state index in [2.05, 4.69) is 5.10 Å². The van der Waals surface area contributed by atoms with E-state index >= 15 is 0 Å². The molecule has 0 radical (unpaired) electrons. The van der Waals surface area contributed by atoms with Crippen LogP contribution in [0.4, 0.5) is 0 Å². The van der Waals surface area contributed by atoms with E-state index in [-0.39, 0.29) is 0 Å². The van der Waals surface area contributed by atoms with Gasteiger partial charge in [0.1, 0.15) is 6.10 Å². The molecule has 1 unspecified atom stereocenters. The first-order chi connectivity index (χ1) is 7.63. The summed E-state index contributed by atoms with van der Waals surface area (Å²) in [5.41, 5.74) is 1.76. The molecule has 0 saturated heterocycles.